The van der Waals surface area contributed by atoms with Gasteiger partial charge in [0, 0.05) is 17.1 Å². The third kappa shape index (κ3) is 5.58. The number of para-hydroxylation sites is 2. The van der Waals surface area contributed by atoms with Crippen molar-refractivity contribution in [2.45, 2.75) is 24.8 Å². The highest BCUT2D eigenvalue weighted by Crippen LogP contribution is 2.24. The molecule has 2 aromatic rings. The summed E-state index contributed by atoms with van der Waals surface area (Å²) in [6.07, 6.45) is 1.98. The first-order valence-corrected chi connectivity index (χ1v) is 10.3. The summed E-state index contributed by atoms with van der Waals surface area (Å²) in [4.78, 5) is 29.0. The highest BCUT2D eigenvalue weighted by Gasteiger charge is 2.28. The van der Waals surface area contributed by atoms with Crippen LogP contribution in [0.5, 0.6) is 0 Å². The molecule has 0 radical (unpaired) electrons. The highest BCUT2D eigenvalue weighted by atomic mass is 32.2. The topological polar surface area (TPSA) is 53.9 Å². The normalized spacial score (nSPS) is 12.9. The predicted octanol–water partition coefficient (Wildman–Crippen LogP) is 2.30. The van der Waals surface area contributed by atoms with Gasteiger partial charge in [0.1, 0.15) is 0 Å². The van der Waals surface area contributed by atoms with E-state index in [9.17, 15) is 9.59 Å². The summed E-state index contributed by atoms with van der Waals surface area (Å²) < 4.78 is 0. The summed E-state index contributed by atoms with van der Waals surface area (Å²) >= 11 is 1.59. The van der Waals surface area contributed by atoms with Crippen LogP contribution in [0.3, 0.4) is 0 Å². The zero-order valence-corrected chi connectivity index (χ0v) is 17.2. The lowest BCUT2D eigenvalue weighted by molar-refractivity contribution is -0.885. The molecule has 2 N–H and O–H groups in total. The first-order valence-electron chi connectivity index (χ1n) is 9.09. The quantitative estimate of drug-likeness (QED) is 0.685. The molecule has 0 aliphatic heterocycles. The van der Waals surface area contributed by atoms with Crippen molar-refractivity contribution in [2.75, 3.05) is 36.6 Å². The molecular formula is C21H28N3O2S+. The largest absolute Gasteiger partial charge is 0.320 e. The SMILES string of the molecule is CCN(C(=O)[C@H](C)[NH+](C)CC(=O)Nc1ccccc1SC)c1ccccc1. The Bertz CT molecular complexity index is 767. The molecule has 6 heteroatoms. The van der Waals surface area contributed by atoms with Gasteiger partial charge in [-0.25, -0.2) is 0 Å². The van der Waals surface area contributed by atoms with Gasteiger partial charge in [0.25, 0.3) is 11.8 Å². The Morgan fingerprint density at radius 1 is 1.11 bits per heavy atom. The first-order chi connectivity index (χ1) is 13.0. The number of carbonyl (C=O) groups is 2. The smallest absolute Gasteiger partial charge is 0.284 e. The number of carbonyl (C=O) groups excluding carboxylic acids is 2. The fourth-order valence-electron chi connectivity index (χ4n) is 2.87. The van der Waals surface area contributed by atoms with Crippen molar-refractivity contribution in [3.8, 4) is 0 Å². The van der Waals surface area contributed by atoms with Crippen LogP contribution in [0.4, 0.5) is 11.4 Å². The Hall–Kier alpha value is -2.31. The second kappa shape index (κ2) is 10.1. The number of thioether (sulfide) groups is 1. The van der Waals surface area contributed by atoms with Gasteiger partial charge in [0.15, 0.2) is 12.6 Å². The third-order valence-electron chi connectivity index (χ3n) is 4.58. The van der Waals surface area contributed by atoms with Gasteiger partial charge >= 0.3 is 0 Å². The Morgan fingerprint density at radius 2 is 1.74 bits per heavy atom. The molecule has 27 heavy (non-hydrogen) atoms. The summed E-state index contributed by atoms with van der Waals surface area (Å²) in [6, 6.07) is 17.0. The van der Waals surface area contributed by atoms with Crippen LogP contribution in [0.25, 0.3) is 0 Å². The molecule has 0 aliphatic rings. The van der Waals surface area contributed by atoms with Crippen molar-refractivity contribution in [1.29, 1.82) is 0 Å². The highest BCUT2D eigenvalue weighted by molar-refractivity contribution is 7.98. The van der Waals surface area contributed by atoms with E-state index in [-0.39, 0.29) is 24.4 Å². The molecule has 1 unspecified atom stereocenters. The fourth-order valence-corrected chi connectivity index (χ4v) is 3.42. The van der Waals surface area contributed by atoms with Crippen LogP contribution in [0, 0.1) is 0 Å². The van der Waals surface area contributed by atoms with E-state index in [0.717, 1.165) is 21.2 Å². The average Bonchev–Trinajstić information content (AvgIpc) is 2.69. The van der Waals surface area contributed by atoms with Crippen molar-refractivity contribution in [3.05, 3.63) is 54.6 Å². The van der Waals surface area contributed by atoms with E-state index < -0.39 is 0 Å². The van der Waals surface area contributed by atoms with Crippen molar-refractivity contribution >= 4 is 35.0 Å². The predicted molar refractivity (Wildman–Crippen MR) is 113 cm³/mol. The summed E-state index contributed by atoms with van der Waals surface area (Å²) in [5.41, 5.74) is 1.68. The van der Waals surface area contributed by atoms with Crippen molar-refractivity contribution in [3.63, 3.8) is 0 Å². The second-order valence-electron chi connectivity index (χ2n) is 6.41. The fraction of sp³-hybridized carbons (Fsp3) is 0.333. The molecule has 5 nitrogen and oxygen atoms in total. The molecule has 0 saturated heterocycles. The second-order valence-corrected chi connectivity index (χ2v) is 7.26. The van der Waals surface area contributed by atoms with Crippen LogP contribution >= 0.6 is 11.8 Å². The lowest BCUT2D eigenvalue weighted by Gasteiger charge is -2.27. The maximum atomic E-state index is 12.9. The molecule has 0 heterocycles. The molecule has 0 aromatic heterocycles. The lowest BCUT2D eigenvalue weighted by atomic mass is 10.2. The number of rotatable bonds is 8. The molecule has 0 aliphatic carbocycles. The summed E-state index contributed by atoms with van der Waals surface area (Å²) in [7, 11) is 1.88. The van der Waals surface area contributed by atoms with Crippen molar-refractivity contribution < 1.29 is 14.5 Å². The number of likely N-dealkylation sites (N-methyl/N-ethyl adjacent to an activating group) is 2. The average molecular weight is 387 g/mol. The van der Waals surface area contributed by atoms with Gasteiger partial charge in [-0.15, -0.1) is 11.8 Å². The van der Waals surface area contributed by atoms with Crippen LogP contribution in [0.1, 0.15) is 13.8 Å². The number of benzene rings is 2. The van der Waals surface area contributed by atoms with E-state index in [2.05, 4.69) is 5.32 Å². The molecule has 0 saturated carbocycles. The molecule has 0 bridgehead atoms. The zero-order chi connectivity index (χ0) is 19.8. The molecule has 0 spiro atoms. The Balaban J connectivity index is 2.00. The molecule has 2 rings (SSSR count). The standard InChI is InChI=1S/C21H27N3O2S/c1-5-24(17-11-7-6-8-12-17)21(26)16(2)23(3)15-20(25)22-18-13-9-10-14-19(18)27-4/h6-14,16H,5,15H2,1-4H3,(H,22,25)/p+1/t16-/m0/s1. The molecule has 2 aromatic carbocycles. The van der Waals surface area contributed by atoms with Crippen LogP contribution in [0.15, 0.2) is 59.5 Å². The van der Waals surface area contributed by atoms with E-state index in [1.165, 1.54) is 0 Å². The van der Waals surface area contributed by atoms with E-state index in [0.29, 0.717) is 6.54 Å². The first kappa shape index (κ1) is 21.0. The zero-order valence-electron chi connectivity index (χ0n) is 16.4. The van der Waals surface area contributed by atoms with E-state index in [4.69, 9.17) is 0 Å². The van der Waals surface area contributed by atoms with Crippen LogP contribution in [-0.4, -0.2) is 44.2 Å². The molecule has 144 valence electrons. The number of nitrogens with zero attached hydrogens (tertiary/aromatic N) is 1. The van der Waals surface area contributed by atoms with Gasteiger partial charge in [0.2, 0.25) is 0 Å². The number of hydrogen-bond donors (Lipinski definition) is 2. The van der Waals surface area contributed by atoms with Crippen LogP contribution in [0.2, 0.25) is 0 Å². The van der Waals surface area contributed by atoms with Gasteiger partial charge in [0.05, 0.1) is 12.7 Å². The summed E-state index contributed by atoms with van der Waals surface area (Å²) in [5.74, 6) is -0.0880. The minimum Gasteiger partial charge on any atom is -0.320 e. The van der Waals surface area contributed by atoms with Crippen molar-refractivity contribution in [1.82, 2.24) is 0 Å². The van der Waals surface area contributed by atoms with Gasteiger partial charge in [-0.3, -0.25) is 9.59 Å². The minimum absolute atomic E-state index is 0.0125. The monoisotopic (exact) mass is 386 g/mol. The maximum absolute atomic E-state index is 12.9. The van der Waals surface area contributed by atoms with Crippen molar-refractivity contribution in [2.24, 2.45) is 0 Å². The van der Waals surface area contributed by atoms with Gasteiger partial charge in [-0.2, -0.15) is 0 Å². The number of amides is 2. The molecule has 2 atom stereocenters. The maximum Gasteiger partial charge on any atom is 0.284 e. The van der Waals surface area contributed by atoms with Gasteiger partial charge in [-0.1, -0.05) is 30.3 Å². The van der Waals surface area contributed by atoms with Gasteiger partial charge < -0.3 is 15.1 Å². The van der Waals surface area contributed by atoms with Crippen LogP contribution < -0.4 is 15.1 Å². The van der Waals surface area contributed by atoms with E-state index >= 15 is 0 Å². The number of hydrogen-bond acceptors (Lipinski definition) is 3. The minimum atomic E-state index is -0.327. The summed E-state index contributed by atoms with van der Waals surface area (Å²) in [5, 5.41) is 2.96. The lowest BCUT2D eigenvalue weighted by Crippen LogP contribution is -3.15. The third-order valence-corrected chi connectivity index (χ3v) is 5.38. The number of quaternary nitrogens is 1. The van der Waals surface area contributed by atoms with Crippen LogP contribution in [-0.2, 0) is 9.59 Å². The Kier molecular flexibility index (Phi) is 7.88. The Labute approximate surface area is 165 Å². The van der Waals surface area contributed by atoms with E-state index in [1.807, 2.05) is 81.7 Å². The molecule has 0 fully saturated rings. The molecular weight excluding hydrogens is 358 g/mol. The summed E-state index contributed by atoms with van der Waals surface area (Å²) in [6.45, 7) is 4.64. The number of nitrogens with one attached hydrogen (secondary N) is 2. The Morgan fingerprint density at radius 3 is 2.37 bits per heavy atom. The number of anilines is 2. The van der Waals surface area contributed by atoms with E-state index in [1.54, 1.807) is 16.7 Å². The molecule has 2 amide bonds. The van der Waals surface area contributed by atoms with Gasteiger partial charge in [-0.05, 0) is 44.4 Å².